The van der Waals surface area contributed by atoms with E-state index >= 15 is 0 Å². The van der Waals surface area contributed by atoms with Gasteiger partial charge in [0.1, 0.15) is 17.0 Å². The summed E-state index contributed by atoms with van der Waals surface area (Å²) in [5.41, 5.74) is 0.819. The number of nitrogens with zero attached hydrogens (tertiary/aromatic N) is 2. The maximum Gasteiger partial charge on any atom is 0.270 e. The van der Waals surface area contributed by atoms with Gasteiger partial charge in [-0.15, -0.1) is 0 Å². The van der Waals surface area contributed by atoms with Gasteiger partial charge in [-0.25, -0.2) is 9.37 Å². The van der Waals surface area contributed by atoms with Gasteiger partial charge in [0.25, 0.3) is 11.5 Å². The van der Waals surface area contributed by atoms with Crippen LogP contribution in [0.15, 0.2) is 59.7 Å². The number of aromatic nitrogens is 2. The second-order valence-corrected chi connectivity index (χ2v) is 5.04. The van der Waals surface area contributed by atoms with Crippen molar-refractivity contribution < 1.29 is 9.18 Å². The van der Waals surface area contributed by atoms with Gasteiger partial charge in [0, 0.05) is 18.9 Å². The third-order valence-corrected chi connectivity index (χ3v) is 3.45. The molecule has 0 radical (unpaired) electrons. The van der Waals surface area contributed by atoms with Crippen molar-refractivity contribution in [3.05, 3.63) is 82.2 Å². The van der Waals surface area contributed by atoms with Crippen molar-refractivity contribution in [1.82, 2.24) is 14.7 Å². The number of hydrogen-bond donors (Lipinski definition) is 1. The molecule has 2 heterocycles. The normalized spacial score (nSPS) is 10.7. The average Bonchev–Trinajstić information content (AvgIpc) is 2.55. The van der Waals surface area contributed by atoms with Crippen LogP contribution in [0, 0.1) is 5.82 Å². The van der Waals surface area contributed by atoms with Gasteiger partial charge in [0.05, 0.1) is 0 Å². The van der Waals surface area contributed by atoms with Gasteiger partial charge < -0.3 is 5.32 Å². The van der Waals surface area contributed by atoms with Crippen molar-refractivity contribution in [2.45, 2.75) is 6.42 Å². The summed E-state index contributed by atoms with van der Waals surface area (Å²) in [6.45, 7) is 0.305. The van der Waals surface area contributed by atoms with Crippen LogP contribution in [-0.4, -0.2) is 21.8 Å². The zero-order valence-electron chi connectivity index (χ0n) is 12.2. The molecule has 0 aliphatic rings. The maximum atomic E-state index is 13.1. The van der Waals surface area contributed by atoms with Crippen molar-refractivity contribution in [3.63, 3.8) is 0 Å². The Morgan fingerprint density at radius 3 is 2.91 bits per heavy atom. The molecule has 0 unspecified atom stereocenters. The van der Waals surface area contributed by atoms with Crippen LogP contribution in [0.25, 0.3) is 5.65 Å². The Balaban J connectivity index is 1.71. The lowest BCUT2D eigenvalue weighted by atomic mass is 10.1. The standard InChI is InChI=1S/C17H14FN3O2/c18-13-5-3-4-12(10-13)7-8-19-16(22)14-11-20-15-6-1-2-9-21(15)17(14)23/h1-6,9-11H,7-8H2,(H,19,22). The summed E-state index contributed by atoms with van der Waals surface area (Å²) in [4.78, 5) is 28.5. The van der Waals surface area contributed by atoms with E-state index in [0.29, 0.717) is 18.6 Å². The van der Waals surface area contributed by atoms with Gasteiger partial charge in [-0.1, -0.05) is 18.2 Å². The zero-order chi connectivity index (χ0) is 16.2. The first-order valence-electron chi connectivity index (χ1n) is 7.14. The summed E-state index contributed by atoms with van der Waals surface area (Å²) in [5.74, 6) is -0.803. The van der Waals surface area contributed by atoms with Crippen LogP contribution in [0.1, 0.15) is 15.9 Å². The molecule has 5 nitrogen and oxygen atoms in total. The molecular formula is C17H14FN3O2. The molecule has 0 aliphatic heterocycles. The molecule has 1 aromatic carbocycles. The Kier molecular flexibility index (Phi) is 4.14. The molecule has 1 amide bonds. The quantitative estimate of drug-likeness (QED) is 0.799. The van der Waals surface area contributed by atoms with E-state index in [9.17, 15) is 14.0 Å². The van der Waals surface area contributed by atoms with E-state index in [2.05, 4.69) is 10.3 Å². The van der Waals surface area contributed by atoms with Gasteiger partial charge in [-0.2, -0.15) is 0 Å². The van der Waals surface area contributed by atoms with E-state index < -0.39 is 11.5 Å². The van der Waals surface area contributed by atoms with E-state index in [4.69, 9.17) is 0 Å². The van der Waals surface area contributed by atoms with E-state index in [-0.39, 0.29) is 11.4 Å². The van der Waals surface area contributed by atoms with E-state index in [1.807, 2.05) is 0 Å². The fraction of sp³-hybridized carbons (Fsp3) is 0.118. The number of carbonyl (C=O) groups is 1. The van der Waals surface area contributed by atoms with E-state index in [1.54, 1.807) is 36.5 Å². The van der Waals surface area contributed by atoms with Gasteiger partial charge in [0.2, 0.25) is 0 Å². The minimum absolute atomic E-state index is 0.0204. The summed E-state index contributed by atoms with van der Waals surface area (Å²) in [7, 11) is 0. The van der Waals surface area contributed by atoms with Crippen LogP contribution in [0.4, 0.5) is 4.39 Å². The molecule has 0 saturated carbocycles. The zero-order valence-corrected chi connectivity index (χ0v) is 12.2. The smallest absolute Gasteiger partial charge is 0.270 e. The number of amides is 1. The number of halogens is 1. The highest BCUT2D eigenvalue weighted by atomic mass is 19.1. The van der Waals surface area contributed by atoms with E-state index in [0.717, 1.165) is 5.56 Å². The second kappa shape index (κ2) is 6.39. The predicted molar refractivity (Wildman–Crippen MR) is 83.9 cm³/mol. The van der Waals surface area contributed by atoms with Crippen LogP contribution in [0.3, 0.4) is 0 Å². The average molecular weight is 311 g/mol. The molecule has 0 fully saturated rings. The molecule has 0 aliphatic carbocycles. The number of nitrogens with one attached hydrogen (secondary N) is 1. The lowest BCUT2D eigenvalue weighted by Crippen LogP contribution is -2.32. The minimum Gasteiger partial charge on any atom is -0.351 e. The summed E-state index contributed by atoms with van der Waals surface area (Å²) in [6.07, 6.45) is 3.31. The van der Waals surface area contributed by atoms with Crippen molar-refractivity contribution >= 4 is 11.6 Å². The molecule has 0 bridgehead atoms. The number of benzene rings is 1. The van der Waals surface area contributed by atoms with Crippen LogP contribution in [-0.2, 0) is 6.42 Å². The summed E-state index contributed by atoms with van der Waals surface area (Å²) < 4.78 is 14.4. The Bertz CT molecular complexity index is 921. The SMILES string of the molecule is O=C(NCCc1cccc(F)c1)c1cnc2ccccn2c1=O. The molecule has 0 saturated heterocycles. The molecule has 3 aromatic rings. The van der Waals surface area contributed by atoms with Crippen molar-refractivity contribution in [2.24, 2.45) is 0 Å². The van der Waals surface area contributed by atoms with Gasteiger partial charge in [-0.3, -0.25) is 14.0 Å². The number of carbonyl (C=O) groups excluding carboxylic acids is 1. The highest BCUT2D eigenvalue weighted by molar-refractivity contribution is 5.93. The highest BCUT2D eigenvalue weighted by Gasteiger charge is 2.12. The number of fused-ring (bicyclic) bond motifs is 1. The van der Waals surface area contributed by atoms with Crippen LogP contribution in [0.2, 0.25) is 0 Å². The van der Waals surface area contributed by atoms with Crippen LogP contribution >= 0.6 is 0 Å². The lowest BCUT2D eigenvalue weighted by molar-refractivity contribution is 0.0952. The Hall–Kier alpha value is -3.02. The lowest BCUT2D eigenvalue weighted by Gasteiger charge is -2.06. The monoisotopic (exact) mass is 311 g/mol. The number of hydrogen-bond acceptors (Lipinski definition) is 3. The van der Waals surface area contributed by atoms with Crippen molar-refractivity contribution in [1.29, 1.82) is 0 Å². The van der Waals surface area contributed by atoms with Gasteiger partial charge >= 0.3 is 0 Å². The molecule has 0 spiro atoms. The largest absolute Gasteiger partial charge is 0.351 e. The second-order valence-electron chi connectivity index (χ2n) is 5.04. The molecule has 1 N–H and O–H groups in total. The minimum atomic E-state index is -0.489. The summed E-state index contributed by atoms with van der Waals surface area (Å²) in [6, 6.07) is 11.3. The topological polar surface area (TPSA) is 63.5 Å². The van der Waals surface area contributed by atoms with E-state index in [1.165, 1.54) is 22.7 Å². The molecule has 6 heteroatoms. The molecular weight excluding hydrogens is 297 g/mol. The fourth-order valence-electron chi connectivity index (χ4n) is 2.29. The molecule has 116 valence electrons. The Morgan fingerprint density at radius 1 is 1.22 bits per heavy atom. The van der Waals surface area contributed by atoms with Gasteiger partial charge in [-0.05, 0) is 36.2 Å². The number of pyridine rings is 1. The third kappa shape index (κ3) is 3.26. The van der Waals surface area contributed by atoms with Crippen molar-refractivity contribution in [2.75, 3.05) is 6.54 Å². The molecule has 2 aromatic heterocycles. The summed E-state index contributed by atoms with van der Waals surface area (Å²) in [5, 5.41) is 2.66. The maximum absolute atomic E-state index is 13.1. The molecule has 0 atom stereocenters. The van der Waals surface area contributed by atoms with Gasteiger partial charge in [0.15, 0.2) is 0 Å². The first-order chi connectivity index (χ1) is 11.1. The summed E-state index contributed by atoms with van der Waals surface area (Å²) >= 11 is 0. The first kappa shape index (κ1) is 14.9. The van der Waals surface area contributed by atoms with Crippen LogP contribution < -0.4 is 10.9 Å². The third-order valence-electron chi connectivity index (χ3n) is 3.45. The van der Waals surface area contributed by atoms with Crippen molar-refractivity contribution in [3.8, 4) is 0 Å². The Labute approximate surface area is 131 Å². The number of rotatable bonds is 4. The Morgan fingerprint density at radius 2 is 2.09 bits per heavy atom. The fourth-order valence-corrected chi connectivity index (χ4v) is 2.29. The first-order valence-corrected chi connectivity index (χ1v) is 7.14. The molecule has 3 rings (SSSR count). The highest BCUT2D eigenvalue weighted by Crippen LogP contribution is 2.04. The molecule has 23 heavy (non-hydrogen) atoms. The predicted octanol–water partition coefficient (Wildman–Crippen LogP) is 1.81. The van der Waals surface area contributed by atoms with Crippen LogP contribution in [0.5, 0.6) is 0 Å².